The number of piperidine rings is 1. The van der Waals surface area contributed by atoms with E-state index in [0.29, 0.717) is 24.8 Å². The summed E-state index contributed by atoms with van der Waals surface area (Å²) in [6.45, 7) is 7.10. The Morgan fingerprint density at radius 2 is 1.90 bits per heavy atom. The lowest BCUT2D eigenvalue weighted by molar-refractivity contribution is 0.102. The number of carbonyl (C=O) groups is 1. The van der Waals surface area contributed by atoms with Gasteiger partial charge >= 0.3 is 0 Å². The molecule has 0 atom stereocenters. The maximum absolute atomic E-state index is 13.1. The fraction of sp³-hybridized carbons (Fsp3) is 0.435. The van der Waals surface area contributed by atoms with Gasteiger partial charge in [0.1, 0.15) is 5.75 Å². The predicted molar refractivity (Wildman–Crippen MR) is 119 cm³/mol. The zero-order valence-corrected chi connectivity index (χ0v) is 18.9. The number of methoxy groups -OCH3 is 1. The van der Waals surface area contributed by atoms with Crippen LogP contribution in [0.4, 0.5) is 5.69 Å². The van der Waals surface area contributed by atoms with E-state index in [9.17, 15) is 13.2 Å². The number of anilines is 1. The lowest BCUT2D eigenvalue weighted by Gasteiger charge is -2.29. The molecule has 2 aromatic carbocycles. The van der Waals surface area contributed by atoms with Gasteiger partial charge in [-0.25, -0.2) is 8.42 Å². The van der Waals surface area contributed by atoms with E-state index >= 15 is 0 Å². The number of ether oxygens (including phenoxy) is 1. The third-order valence-electron chi connectivity index (χ3n) is 5.77. The van der Waals surface area contributed by atoms with Crippen LogP contribution in [0.1, 0.15) is 48.2 Å². The van der Waals surface area contributed by atoms with Crippen LogP contribution >= 0.6 is 0 Å². The molecule has 162 valence electrons. The Labute approximate surface area is 179 Å². The zero-order chi connectivity index (χ0) is 21.9. The largest absolute Gasteiger partial charge is 0.496 e. The van der Waals surface area contributed by atoms with Crippen LogP contribution in [0, 0.1) is 12.8 Å². The predicted octanol–water partition coefficient (Wildman–Crippen LogP) is 4.24. The fourth-order valence-corrected chi connectivity index (χ4v) is 5.28. The van der Waals surface area contributed by atoms with Crippen molar-refractivity contribution >= 4 is 21.6 Å². The highest BCUT2D eigenvalue weighted by Gasteiger charge is 2.29. The third-order valence-corrected chi connectivity index (χ3v) is 7.67. The lowest BCUT2D eigenvalue weighted by Crippen LogP contribution is -2.38. The molecule has 0 spiro atoms. The summed E-state index contributed by atoms with van der Waals surface area (Å²) in [5.41, 5.74) is 2.93. The van der Waals surface area contributed by atoms with Crippen molar-refractivity contribution in [3.8, 4) is 5.75 Å². The van der Waals surface area contributed by atoms with Gasteiger partial charge in [-0.2, -0.15) is 4.31 Å². The van der Waals surface area contributed by atoms with Crippen LogP contribution in [0.25, 0.3) is 0 Å². The molecule has 1 aliphatic heterocycles. The average Bonchev–Trinajstić information content (AvgIpc) is 2.74. The minimum atomic E-state index is -3.66. The first-order valence-corrected chi connectivity index (χ1v) is 11.8. The lowest BCUT2D eigenvalue weighted by atomic mass is 10.0. The number of amides is 1. The summed E-state index contributed by atoms with van der Waals surface area (Å²) >= 11 is 0. The van der Waals surface area contributed by atoms with Gasteiger partial charge in [0.25, 0.3) is 5.91 Å². The van der Waals surface area contributed by atoms with E-state index in [1.165, 1.54) is 23.5 Å². The van der Waals surface area contributed by atoms with Crippen molar-refractivity contribution in [1.82, 2.24) is 4.31 Å². The van der Waals surface area contributed by atoms with Crippen LogP contribution in [-0.4, -0.2) is 38.8 Å². The summed E-state index contributed by atoms with van der Waals surface area (Å²) in [4.78, 5) is 13.2. The molecule has 1 heterocycles. The van der Waals surface area contributed by atoms with Crippen molar-refractivity contribution in [2.45, 2.75) is 44.9 Å². The molecule has 7 heteroatoms. The number of nitrogens with one attached hydrogen (secondary N) is 1. The molecule has 2 aromatic rings. The number of rotatable bonds is 6. The molecule has 30 heavy (non-hydrogen) atoms. The first kappa shape index (κ1) is 22.3. The van der Waals surface area contributed by atoms with Crippen molar-refractivity contribution in [1.29, 1.82) is 0 Å². The Balaban J connectivity index is 1.94. The molecule has 0 saturated carbocycles. The highest BCUT2D eigenvalue weighted by atomic mass is 32.2. The van der Waals surface area contributed by atoms with Crippen LogP contribution in [0.3, 0.4) is 0 Å². The van der Waals surface area contributed by atoms with E-state index in [4.69, 9.17) is 4.74 Å². The molecule has 0 unspecified atom stereocenters. The number of carbonyl (C=O) groups excluding carboxylic acids is 1. The second kappa shape index (κ2) is 9.18. The van der Waals surface area contributed by atoms with E-state index in [-0.39, 0.29) is 16.4 Å². The Morgan fingerprint density at radius 3 is 2.53 bits per heavy atom. The molecule has 1 aliphatic rings. The Bertz CT molecular complexity index is 1030. The molecule has 1 fully saturated rings. The van der Waals surface area contributed by atoms with Crippen LogP contribution in [0.5, 0.6) is 5.75 Å². The van der Waals surface area contributed by atoms with Crippen molar-refractivity contribution in [2.24, 2.45) is 5.92 Å². The minimum absolute atomic E-state index is 0.114. The molecule has 1 N–H and O–H groups in total. The third kappa shape index (κ3) is 4.52. The standard InChI is InChI=1S/C23H30N2O4S/c1-5-18-8-6-7-17(3)22(18)24-23(26)20-15-19(9-10-21(20)29-4)30(27,28)25-13-11-16(2)12-14-25/h6-10,15-16H,5,11-14H2,1-4H3,(H,24,26). The number of hydrogen-bond donors (Lipinski definition) is 1. The van der Waals surface area contributed by atoms with Crippen molar-refractivity contribution in [3.05, 3.63) is 53.1 Å². The Hall–Kier alpha value is -2.38. The maximum atomic E-state index is 13.1. The van der Waals surface area contributed by atoms with Gasteiger partial charge in [-0.3, -0.25) is 4.79 Å². The van der Waals surface area contributed by atoms with Gasteiger partial charge in [0, 0.05) is 18.8 Å². The van der Waals surface area contributed by atoms with E-state index in [1.807, 2.05) is 32.0 Å². The molecule has 1 amide bonds. The SMILES string of the molecule is CCc1cccc(C)c1NC(=O)c1cc(S(=O)(=O)N2CCC(C)CC2)ccc1OC. The van der Waals surface area contributed by atoms with Crippen molar-refractivity contribution in [2.75, 3.05) is 25.5 Å². The van der Waals surface area contributed by atoms with Gasteiger partial charge in [0.2, 0.25) is 10.0 Å². The number of sulfonamides is 1. The molecule has 0 radical (unpaired) electrons. The summed E-state index contributed by atoms with van der Waals surface area (Å²) in [7, 11) is -2.19. The summed E-state index contributed by atoms with van der Waals surface area (Å²) in [5, 5.41) is 2.96. The van der Waals surface area contributed by atoms with Gasteiger partial charge < -0.3 is 10.1 Å². The second-order valence-corrected chi connectivity index (χ2v) is 9.80. The Morgan fingerprint density at radius 1 is 1.20 bits per heavy atom. The molecular weight excluding hydrogens is 400 g/mol. The molecular formula is C23H30N2O4S. The average molecular weight is 431 g/mol. The second-order valence-electron chi connectivity index (χ2n) is 7.87. The monoisotopic (exact) mass is 430 g/mol. The number of para-hydroxylation sites is 1. The van der Waals surface area contributed by atoms with E-state index in [2.05, 4.69) is 12.2 Å². The number of nitrogens with zero attached hydrogens (tertiary/aromatic N) is 1. The van der Waals surface area contributed by atoms with Crippen molar-refractivity contribution in [3.63, 3.8) is 0 Å². The highest BCUT2D eigenvalue weighted by molar-refractivity contribution is 7.89. The number of aryl methyl sites for hydroxylation is 2. The van der Waals surface area contributed by atoms with E-state index in [1.54, 1.807) is 6.07 Å². The normalized spacial score (nSPS) is 15.7. The van der Waals surface area contributed by atoms with E-state index < -0.39 is 10.0 Å². The molecule has 1 saturated heterocycles. The van der Waals surface area contributed by atoms with Crippen LogP contribution in [0.2, 0.25) is 0 Å². The summed E-state index contributed by atoms with van der Waals surface area (Å²) in [5.74, 6) is 0.473. The maximum Gasteiger partial charge on any atom is 0.259 e. The molecule has 0 aromatic heterocycles. The Kier molecular flexibility index (Phi) is 6.83. The first-order valence-electron chi connectivity index (χ1n) is 10.4. The van der Waals surface area contributed by atoms with Gasteiger partial charge in [-0.1, -0.05) is 32.0 Å². The quantitative estimate of drug-likeness (QED) is 0.744. The minimum Gasteiger partial charge on any atom is -0.496 e. The van der Waals surface area contributed by atoms with Crippen LogP contribution < -0.4 is 10.1 Å². The summed E-state index contributed by atoms with van der Waals surface area (Å²) in [6, 6.07) is 10.3. The van der Waals surface area contributed by atoms with Gasteiger partial charge in [0.15, 0.2) is 0 Å². The molecule has 3 rings (SSSR count). The molecule has 0 bridgehead atoms. The fourth-order valence-electron chi connectivity index (χ4n) is 3.78. The van der Waals surface area contributed by atoms with Crippen LogP contribution in [0.15, 0.2) is 41.3 Å². The van der Waals surface area contributed by atoms with Gasteiger partial charge in [-0.05, 0) is 61.4 Å². The van der Waals surface area contributed by atoms with Crippen LogP contribution in [-0.2, 0) is 16.4 Å². The zero-order valence-electron chi connectivity index (χ0n) is 18.1. The van der Waals surface area contributed by atoms with Gasteiger partial charge in [-0.15, -0.1) is 0 Å². The topological polar surface area (TPSA) is 75.7 Å². The number of benzene rings is 2. The van der Waals surface area contributed by atoms with E-state index in [0.717, 1.165) is 36.1 Å². The number of hydrogen-bond acceptors (Lipinski definition) is 4. The molecule has 6 nitrogen and oxygen atoms in total. The van der Waals surface area contributed by atoms with Gasteiger partial charge in [0.05, 0.1) is 17.6 Å². The first-order chi connectivity index (χ1) is 14.3. The smallest absolute Gasteiger partial charge is 0.259 e. The van der Waals surface area contributed by atoms with Crippen molar-refractivity contribution < 1.29 is 17.9 Å². The highest BCUT2D eigenvalue weighted by Crippen LogP contribution is 2.29. The summed E-state index contributed by atoms with van der Waals surface area (Å²) < 4.78 is 33.1. The summed E-state index contributed by atoms with van der Waals surface area (Å²) in [6.07, 6.45) is 2.46. The molecule has 0 aliphatic carbocycles.